The van der Waals surface area contributed by atoms with E-state index in [1.807, 2.05) is 69.9 Å². The first-order valence-electron chi connectivity index (χ1n) is 9.22. The molecule has 1 amide bonds. The molecule has 9 heteroatoms. The topological polar surface area (TPSA) is 114 Å². The summed E-state index contributed by atoms with van der Waals surface area (Å²) in [4.78, 5) is 12.1. The summed E-state index contributed by atoms with van der Waals surface area (Å²) in [6.45, 7) is 1.12. The van der Waals surface area contributed by atoms with Crippen LogP contribution in [-0.2, 0) is 29.3 Å². The zero-order valence-corrected chi connectivity index (χ0v) is 18.1. The molecule has 3 aromatic rings. The maximum atomic E-state index is 12.1. The zero-order chi connectivity index (χ0) is 21.1. The molecule has 0 atom stereocenters. The highest BCUT2D eigenvalue weighted by Crippen LogP contribution is 2.37. The number of carbonyl (C=O) groups excluding carboxylic acids is 1. The summed E-state index contributed by atoms with van der Waals surface area (Å²) in [6.07, 6.45) is -0.525. The Morgan fingerprint density at radius 1 is 1.17 bits per heavy atom. The van der Waals surface area contributed by atoms with E-state index in [9.17, 15) is 4.79 Å². The number of aromatic nitrogens is 1. The van der Waals surface area contributed by atoms with E-state index in [1.165, 1.54) is 0 Å². The van der Waals surface area contributed by atoms with Crippen molar-refractivity contribution >= 4 is 46.2 Å². The standard InChI is InChI=1S/C21H20IN5O3/c22-26-18-16-11-29-12-17(16)27(19(18)20(23)24)15-8-6-14(7-9-15)25-21(28)30-10-13-4-2-1-3-5-13/h1-9,26H,10-12H2,(H3,23,24)(H,25,28). The average molecular weight is 517 g/mol. The molecule has 154 valence electrons. The van der Waals surface area contributed by atoms with Crippen molar-refractivity contribution in [3.63, 3.8) is 0 Å². The van der Waals surface area contributed by atoms with Gasteiger partial charge in [-0.1, -0.05) is 30.3 Å². The fourth-order valence-corrected chi connectivity index (χ4v) is 4.02. The van der Waals surface area contributed by atoms with E-state index >= 15 is 0 Å². The number of halogens is 1. The summed E-state index contributed by atoms with van der Waals surface area (Å²) in [7, 11) is 0. The normalized spacial score (nSPS) is 12.3. The molecular formula is C21H20IN5O3. The number of rotatable bonds is 6. The Labute approximate surface area is 187 Å². The summed E-state index contributed by atoms with van der Waals surface area (Å²) in [6, 6.07) is 16.8. The largest absolute Gasteiger partial charge is 0.444 e. The van der Waals surface area contributed by atoms with Crippen LogP contribution in [0.5, 0.6) is 0 Å². The lowest BCUT2D eigenvalue weighted by Gasteiger charge is -2.14. The second kappa shape index (κ2) is 8.76. The number of nitrogen functional groups attached to an aromatic ring is 1. The molecule has 1 aliphatic rings. The van der Waals surface area contributed by atoms with Crippen LogP contribution in [0.2, 0.25) is 0 Å². The number of hydrogen-bond acceptors (Lipinski definition) is 5. The highest BCUT2D eigenvalue weighted by atomic mass is 127. The van der Waals surface area contributed by atoms with Crippen LogP contribution in [-0.4, -0.2) is 16.5 Å². The summed E-state index contributed by atoms with van der Waals surface area (Å²) in [5.41, 5.74) is 11.6. The van der Waals surface area contributed by atoms with Gasteiger partial charge in [-0.2, -0.15) is 0 Å². The maximum Gasteiger partial charge on any atom is 0.411 e. The number of carbonyl (C=O) groups is 1. The van der Waals surface area contributed by atoms with E-state index in [0.29, 0.717) is 24.6 Å². The predicted octanol–water partition coefficient (Wildman–Crippen LogP) is 4.30. The summed E-state index contributed by atoms with van der Waals surface area (Å²) in [5, 5.41) is 10.8. The Balaban J connectivity index is 1.52. The van der Waals surface area contributed by atoms with E-state index in [2.05, 4.69) is 8.85 Å². The quantitative estimate of drug-likeness (QED) is 0.169. The maximum absolute atomic E-state index is 12.1. The molecular weight excluding hydrogens is 497 g/mol. The van der Waals surface area contributed by atoms with Gasteiger partial charge in [0.15, 0.2) is 0 Å². The Kier molecular flexibility index (Phi) is 5.91. The van der Waals surface area contributed by atoms with Crippen molar-refractivity contribution in [1.29, 1.82) is 5.41 Å². The van der Waals surface area contributed by atoms with Gasteiger partial charge in [-0.05, 0) is 29.8 Å². The summed E-state index contributed by atoms with van der Waals surface area (Å²) < 4.78 is 15.9. The first kappa shape index (κ1) is 20.2. The van der Waals surface area contributed by atoms with Crippen molar-refractivity contribution in [1.82, 2.24) is 4.57 Å². The van der Waals surface area contributed by atoms with Gasteiger partial charge in [0.1, 0.15) is 18.1 Å². The SMILES string of the molecule is N=C(N)c1c(NI)c2c(n1-c1ccc(NC(=O)OCc3ccccc3)cc1)COC2. The molecule has 0 radical (unpaired) electrons. The second-order valence-corrected chi connectivity index (χ2v) is 7.26. The molecule has 2 heterocycles. The third-order valence-electron chi connectivity index (χ3n) is 4.80. The van der Waals surface area contributed by atoms with Crippen LogP contribution >= 0.6 is 22.9 Å². The first-order valence-corrected chi connectivity index (χ1v) is 10.3. The van der Waals surface area contributed by atoms with Gasteiger partial charge in [-0.3, -0.25) is 10.7 Å². The molecule has 0 saturated heterocycles. The molecule has 0 spiro atoms. The van der Waals surface area contributed by atoms with Crippen LogP contribution in [0.15, 0.2) is 54.6 Å². The Morgan fingerprint density at radius 2 is 1.90 bits per heavy atom. The number of ether oxygens (including phenoxy) is 2. The lowest BCUT2D eigenvalue weighted by atomic mass is 10.2. The predicted molar refractivity (Wildman–Crippen MR) is 123 cm³/mol. The van der Waals surface area contributed by atoms with E-state index in [-0.39, 0.29) is 12.4 Å². The van der Waals surface area contributed by atoms with Gasteiger partial charge in [-0.25, -0.2) is 4.79 Å². The number of amidine groups is 1. The number of nitrogens with two attached hydrogens (primary N) is 1. The second-order valence-electron chi connectivity index (χ2n) is 6.72. The van der Waals surface area contributed by atoms with Gasteiger partial charge >= 0.3 is 6.09 Å². The Hall–Kier alpha value is -3.05. The monoisotopic (exact) mass is 517 g/mol. The molecule has 30 heavy (non-hydrogen) atoms. The van der Waals surface area contributed by atoms with E-state index in [4.69, 9.17) is 20.6 Å². The number of benzene rings is 2. The molecule has 5 N–H and O–H groups in total. The van der Waals surface area contributed by atoms with Gasteiger partial charge in [0, 0.05) is 16.9 Å². The van der Waals surface area contributed by atoms with Gasteiger partial charge < -0.3 is 23.3 Å². The minimum absolute atomic E-state index is 0.0322. The molecule has 0 saturated carbocycles. The van der Waals surface area contributed by atoms with Gasteiger partial charge in [0.05, 0.1) is 47.5 Å². The molecule has 0 fully saturated rings. The lowest BCUT2D eigenvalue weighted by Crippen LogP contribution is -2.18. The van der Waals surface area contributed by atoms with Gasteiger partial charge in [0.25, 0.3) is 0 Å². The Bertz CT molecular complexity index is 1080. The van der Waals surface area contributed by atoms with Crippen LogP contribution in [0.4, 0.5) is 16.2 Å². The highest BCUT2D eigenvalue weighted by Gasteiger charge is 2.28. The number of anilines is 2. The molecule has 0 bridgehead atoms. The summed E-state index contributed by atoms with van der Waals surface area (Å²) >= 11 is 2.04. The fourth-order valence-electron chi connectivity index (χ4n) is 3.44. The summed E-state index contributed by atoms with van der Waals surface area (Å²) in [5.74, 6) is -0.0322. The van der Waals surface area contributed by atoms with Crippen LogP contribution in [0.25, 0.3) is 5.69 Å². The average Bonchev–Trinajstić information content (AvgIpc) is 3.34. The zero-order valence-electron chi connectivity index (χ0n) is 15.9. The van der Waals surface area contributed by atoms with Crippen molar-refractivity contribution in [3.8, 4) is 5.69 Å². The van der Waals surface area contributed by atoms with Crippen molar-refractivity contribution in [3.05, 3.63) is 77.1 Å². The Morgan fingerprint density at radius 3 is 2.57 bits per heavy atom. The minimum atomic E-state index is -0.525. The number of hydrogen-bond donors (Lipinski definition) is 4. The van der Waals surface area contributed by atoms with Crippen molar-refractivity contribution < 1.29 is 14.3 Å². The van der Waals surface area contributed by atoms with Crippen molar-refractivity contribution in [2.24, 2.45) is 5.73 Å². The number of amides is 1. The molecule has 0 aliphatic carbocycles. The third kappa shape index (κ3) is 3.98. The molecule has 0 unspecified atom stereocenters. The lowest BCUT2D eigenvalue weighted by molar-refractivity contribution is 0.132. The minimum Gasteiger partial charge on any atom is -0.444 e. The number of nitrogens with zero attached hydrogens (tertiary/aromatic N) is 1. The fraction of sp³-hybridized carbons (Fsp3) is 0.143. The van der Waals surface area contributed by atoms with Crippen LogP contribution in [0.1, 0.15) is 22.5 Å². The molecule has 2 aromatic carbocycles. The van der Waals surface area contributed by atoms with E-state index in [1.54, 1.807) is 12.1 Å². The first-order chi connectivity index (χ1) is 14.6. The molecule has 1 aliphatic heterocycles. The van der Waals surface area contributed by atoms with Crippen LogP contribution in [0, 0.1) is 5.41 Å². The highest BCUT2D eigenvalue weighted by molar-refractivity contribution is 14.1. The van der Waals surface area contributed by atoms with E-state index in [0.717, 1.165) is 28.2 Å². The molecule has 1 aromatic heterocycles. The third-order valence-corrected chi connectivity index (χ3v) is 5.34. The van der Waals surface area contributed by atoms with E-state index < -0.39 is 6.09 Å². The van der Waals surface area contributed by atoms with Crippen molar-refractivity contribution in [2.45, 2.75) is 19.8 Å². The van der Waals surface area contributed by atoms with Gasteiger partial charge in [0.2, 0.25) is 0 Å². The van der Waals surface area contributed by atoms with Crippen molar-refractivity contribution in [2.75, 3.05) is 8.85 Å². The smallest absolute Gasteiger partial charge is 0.411 e. The van der Waals surface area contributed by atoms with Crippen LogP contribution in [0.3, 0.4) is 0 Å². The molecule has 4 rings (SSSR count). The molecule has 8 nitrogen and oxygen atoms in total. The van der Waals surface area contributed by atoms with Crippen LogP contribution < -0.4 is 14.6 Å². The number of nitrogens with one attached hydrogen (secondary N) is 3. The number of fused-ring (bicyclic) bond motifs is 1. The van der Waals surface area contributed by atoms with Gasteiger partial charge in [-0.15, -0.1) is 0 Å².